The van der Waals surface area contributed by atoms with Crippen molar-refractivity contribution in [2.75, 3.05) is 26.2 Å². The number of aliphatic hydroxyl groups excluding tert-OH is 1. The summed E-state index contributed by atoms with van der Waals surface area (Å²) in [5.74, 6) is -0.184. The second kappa shape index (κ2) is 7.89. The van der Waals surface area contributed by atoms with Crippen molar-refractivity contribution in [2.45, 2.75) is 38.3 Å². The van der Waals surface area contributed by atoms with Crippen molar-refractivity contribution in [1.29, 1.82) is 0 Å². The Balaban J connectivity index is 2.08. The first kappa shape index (κ1) is 20.3. The highest BCUT2D eigenvalue weighted by molar-refractivity contribution is 6.13. The predicted octanol–water partition coefficient (Wildman–Crippen LogP) is 2.98. The molecule has 1 saturated heterocycles. The van der Waals surface area contributed by atoms with Gasteiger partial charge in [-0.25, -0.2) is 4.79 Å². The van der Waals surface area contributed by atoms with Crippen LogP contribution in [-0.2, 0) is 4.74 Å². The summed E-state index contributed by atoms with van der Waals surface area (Å²) in [6, 6.07) is 13.3. The zero-order valence-electron chi connectivity index (χ0n) is 16.7. The Hall–Kier alpha value is -2.44. The summed E-state index contributed by atoms with van der Waals surface area (Å²) >= 11 is 0. The molecule has 1 aliphatic heterocycles. The van der Waals surface area contributed by atoms with Gasteiger partial charge in [0, 0.05) is 38.2 Å². The number of carbonyl (C=O) groups is 2. The van der Waals surface area contributed by atoms with E-state index in [4.69, 9.17) is 4.74 Å². The van der Waals surface area contributed by atoms with Gasteiger partial charge in [-0.15, -0.1) is 0 Å². The van der Waals surface area contributed by atoms with Crippen LogP contribution < -0.4 is 5.32 Å². The molecule has 2 aromatic rings. The van der Waals surface area contributed by atoms with Crippen molar-refractivity contribution in [3.63, 3.8) is 0 Å². The molecule has 6 heteroatoms. The molecule has 2 N–H and O–H groups in total. The SMILES string of the molecule is CC(C)(C)OC(=O)N1CCNC[C@@]1(CCO)C(=O)c1cccc2ccccc12. The van der Waals surface area contributed by atoms with Crippen LogP contribution in [0.3, 0.4) is 0 Å². The first-order valence-electron chi connectivity index (χ1n) is 9.63. The number of ether oxygens (including phenoxy) is 1. The van der Waals surface area contributed by atoms with Crippen molar-refractivity contribution >= 4 is 22.6 Å². The Kier molecular flexibility index (Phi) is 5.72. The van der Waals surface area contributed by atoms with Crippen LogP contribution in [0.1, 0.15) is 37.6 Å². The number of Topliss-reactive ketones (excluding diaryl/α,β-unsaturated/α-hetero) is 1. The smallest absolute Gasteiger partial charge is 0.411 e. The molecule has 28 heavy (non-hydrogen) atoms. The number of amides is 1. The highest BCUT2D eigenvalue weighted by atomic mass is 16.6. The number of aliphatic hydroxyl groups is 1. The van der Waals surface area contributed by atoms with Crippen LogP contribution in [-0.4, -0.2) is 59.3 Å². The van der Waals surface area contributed by atoms with E-state index >= 15 is 0 Å². The molecular weight excluding hydrogens is 356 g/mol. The first-order valence-corrected chi connectivity index (χ1v) is 9.63. The van der Waals surface area contributed by atoms with E-state index in [0.717, 1.165) is 10.8 Å². The summed E-state index contributed by atoms with van der Waals surface area (Å²) in [5.41, 5.74) is -1.32. The average molecular weight is 384 g/mol. The number of rotatable bonds is 4. The number of carbonyl (C=O) groups excluding carboxylic acids is 2. The van der Waals surface area contributed by atoms with E-state index in [2.05, 4.69) is 5.32 Å². The van der Waals surface area contributed by atoms with E-state index in [-0.39, 0.29) is 25.4 Å². The molecule has 0 bridgehead atoms. The fourth-order valence-electron chi connectivity index (χ4n) is 3.78. The maximum Gasteiger partial charge on any atom is 0.411 e. The molecule has 0 radical (unpaired) electrons. The van der Waals surface area contributed by atoms with Gasteiger partial charge in [0.25, 0.3) is 0 Å². The zero-order valence-corrected chi connectivity index (χ0v) is 16.7. The largest absolute Gasteiger partial charge is 0.444 e. The fourth-order valence-corrected chi connectivity index (χ4v) is 3.78. The van der Waals surface area contributed by atoms with Crippen LogP contribution in [0.4, 0.5) is 4.79 Å². The summed E-state index contributed by atoms with van der Waals surface area (Å²) in [4.78, 5) is 28.2. The van der Waals surface area contributed by atoms with E-state index in [1.807, 2.05) is 36.4 Å². The highest BCUT2D eigenvalue weighted by Gasteiger charge is 2.49. The molecule has 1 amide bonds. The summed E-state index contributed by atoms with van der Waals surface area (Å²) in [6.07, 6.45) is -0.391. The maximum absolute atomic E-state index is 13.8. The lowest BCUT2D eigenvalue weighted by Crippen LogP contribution is -2.67. The number of fused-ring (bicyclic) bond motifs is 1. The van der Waals surface area contributed by atoms with Crippen molar-refractivity contribution in [3.8, 4) is 0 Å². The molecule has 0 spiro atoms. The lowest BCUT2D eigenvalue weighted by Gasteiger charge is -2.46. The van der Waals surface area contributed by atoms with Crippen LogP contribution in [0.15, 0.2) is 42.5 Å². The van der Waals surface area contributed by atoms with Gasteiger partial charge in [-0.1, -0.05) is 42.5 Å². The van der Waals surface area contributed by atoms with Gasteiger partial charge in [-0.3, -0.25) is 9.69 Å². The minimum atomic E-state index is -1.19. The predicted molar refractivity (Wildman–Crippen MR) is 109 cm³/mol. The summed E-state index contributed by atoms with van der Waals surface area (Å²) in [5, 5.41) is 14.8. The van der Waals surface area contributed by atoms with Crippen molar-refractivity contribution in [1.82, 2.24) is 10.2 Å². The van der Waals surface area contributed by atoms with E-state index < -0.39 is 17.2 Å². The molecule has 3 rings (SSSR count). The molecule has 6 nitrogen and oxygen atoms in total. The number of nitrogens with zero attached hydrogens (tertiary/aromatic N) is 1. The Morgan fingerprint density at radius 2 is 1.89 bits per heavy atom. The first-order chi connectivity index (χ1) is 13.3. The molecule has 1 atom stereocenters. The van der Waals surface area contributed by atoms with Crippen molar-refractivity contribution < 1.29 is 19.4 Å². The maximum atomic E-state index is 13.8. The highest BCUT2D eigenvalue weighted by Crippen LogP contribution is 2.31. The molecular formula is C22H28N2O4. The minimum absolute atomic E-state index is 0.140. The fraction of sp³-hybridized carbons (Fsp3) is 0.455. The van der Waals surface area contributed by atoms with Gasteiger partial charge >= 0.3 is 6.09 Å². The molecule has 0 aliphatic carbocycles. The summed E-state index contributed by atoms with van der Waals surface area (Å²) in [7, 11) is 0. The Bertz CT molecular complexity index is 865. The third-order valence-electron chi connectivity index (χ3n) is 5.04. The second-order valence-electron chi connectivity index (χ2n) is 8.17. The monoisotopic (exact) mass is 384 g/mol. The molecule has 2 aromatic carbocycles. The summed E-state index contributed by atoms with van der Waals surface area (Å²) < 4.78 is 5.58. The zero-order chi connectivity index (χ0) is 20.4. The third kappa shape index (κ3) is 3.88. The topological polar surface area (TPSA) is 78.9 Å². The van der Waals surface area contributed by atoms with Gasteiger partial charge in [0.15, 0.2) is 5.78 Å². The quantitative estimate of drug-likeness (QED) is 0.793. The Morgan fingerprint density at radius 3 is 2.61 bits per heavy atom. The standard InChI is InChI=1S/C22H28N2O4/c1-21(2,3)28-20(27)24-13-12-23-15-22(24,11-14-25)19(26)18-10-6-8-16-7-4-5-9-17(16)18/h4-10,23,25H,11-15H2,1-3H3/t22-/m0/s1. The van der Waals surface area contributed by atoms with Crippen molar-refractivity contribution in [3.05, 3.63) is 48.0 Å². The molecule has 0 aromatic heterocycles. The molecule has 0 unspecified atom stereocenters. The molecule has 1 aliphatic rings. The number of ketones is 1. The number of hydrogen-bond donors (Lipinski definition) is 2. The number of piperazine rings is 1. The normalized spacial score (nSPS) is 20.2. The lowest BCUT2D eigenvalue weighted by molar-refractivity contribution is -0.0123. The molecule has 1 fully saturated rings. The second-order valence-corrected chi connectivity index (χ2v) is 8.17. The van der Waals surface area contributed by atoms with E-state index in [1.54, 1.807) is 26.8 Å². The van der Waals surface area contributed by atoms with Gasteiger partial charge in [0.1, 0.15) is 11.1 Å². The van der Waals surface area contributed by atoms with Gasteiger partial charge in [0.2, 0.25) is 0 Å². The molecule has 150 valence electrons. The van der Waals surface area contributed by atoms with Crippen LogP contribution >= 0.6 is 0 Å². The number of hydrogen-bond acceptors (Lipinski definition) is 5. The van der Waals surface area contributed by atoms with Crippen LogP contribution in [0.2, 0.25) is 0 Å². The Morgan fingerprint density at radius 1 is 1.18 bits per heavy atom. The summed E-state index contributed by atoms with van der Waals surface area (Å²) in [6.45, 7) is 6.36. The molecule has 0 saturated carbocycles. The van der Waals surface area contributed by atoms with E-state index in [0.29, 0.717) is 18.7 Å². The average Bonchev–Trinajstić information content (AvgIpc) is 2.66. The van der Waals surface area contributed by atoms with Crippen LogP contribution in [0, 0.1) is 0 Å². The number of benzene rings is 2. The van der Waals surface area contributed by atoms with Gasteiger partial charge in [-0.2, -0.15) is 0 Å². The lowest BCUT2D eigenvalue weighted by atomic mass is 9.81. The number of nitrogens with one attached hydrogen (secondary N) is 1. The van der Waals surface area contributed by atoms with Gasteiger partial charge in [0.05, 0.1) is 0 Å². The van der Waals surface area contributed by atoms with Crippen LogP contribution in [0.5, 0.6) is 0 Å². The Labute approximate surface area is 165 Å². The van der Waals surface area contributed by atoms with E-state index in [9.17, 15) is 14.7 Å². The van der Waals surface area contributed by atoms with Crippen LogP contribution in [0.25, 0.3) is 10.8 Å². The van der Waals surface area contributed by atoms with Crippen molar-refractivity contribution in [2.24, 2.45) is 0 Å². The van der Waals surface area contributed by atoms with E-state index in [1.165, 1.54) is 4.90 Å². The van der Waals surface area contributed by atoms with Gasteiger partial charge < -0.3 is 15.2 Å². The third-order valence-corrected chi connectivity index (χ3v) is 5.04. The van der Waals surface area contributed by atoms with Gasteiger partial charge in [-0.05, 0) is 31.5 Å². The minimum Gasteiger partial charge on any atom is -0.444 e. The molecule has 1 heterocycles.